The molecule has 0 fully saturated rings. The van der Waals surface area contributed by atoms with E-state index in [2.05, 4.69) is 5.32 Å². The number of phenols is 1. The van der Waals surface area contributed by atoms with Gasteiger partial charge >= 0.3 is 5.63 Å². The van der Waals surface area contributed by atoms with Gasteiger partial charge in [-0.3, -0.25) is 10.1 Å². The van der Waals surface area contributed by atoms with Gasteiger partial charge in [-0.25, -0.2) is 4.79 Å². The Bertz CT molecular complexity index is 615. The average molecular weight is 219 g/mol. The molecule has 0 radical (unpaired) electrons. The van der Waals surface area contributed by atoms with E-state index >= 15 is 0 Å². The minimum atomic E-state index is -0.600. The Balaban J connectivity index is 2.64. The number of carbonyl (C=O) groups is 1. The first-order valence-electron chi connectivity index (χ1n) is 4.61. The lowest BCUT2D eigenvalue weighted by Crippen LogP contribution is -2.09. The van der Waals surface area contributed by atoms with Gasteiger partial charge in [0.25, 0.3) is 0 Å². The Labute approximate surface area is 90.3 Å². The molecule has 0 aliphatic rings. The van der Waals surface area contributed by atoms with Gasteiger partial charge in [-0.05, 0) is 17.5 Å². The molecule has 0 saturated carbocycles. The highest BCUT2D eigenvalue weighted by atomic mass is 16.4. The van der Waals surface area contributed by atoms with Gasteiger partial charge in [-0.2, -0.15) is 0 Å². The van der Waals surface area contributed by atoms with Crippen molar-refractivity contribution in [2.45, 2.75) is 6.92 Å². The van der Waals surface area contributed by atoms with E-state index in [-0.39, 0.29) is 22.9 Å². The molecule has 0 saturated heterocycles. The number of rotatable bonds is 1. The summed E-state index contributed by atoms with van der Waals surface area (Å²) in [5.74, 6) is -0.232. The third kappa shape index (κ3) is 1.88. The van der Waals surface area contributed by atoms with Crippen LogP contribution >= 0.6 is 0 Å². The number of fused-ring (bicyclic) bond motifs is 1. The van der Waals surface area contributed by atoms with Crippen molar-refractivity contribution in [3.05, 3.63) is 34.7 Å². The molecule has 0 atom stereocenters. The molecule has 2 rings (SSSR count). The Morgan fingerprint density at radius 1 is 1.38 bits per heavy atom. The Hall–Kier alpha value is -2.30. The SMILES string of the molecule is CC(=O)Nc1cc2ccc(O)cc2c(=O)o1. The van der Waals surface area contributed by atoms with Gasteiger partial charge in [-0.15, -0.1) is 0 Å². The standard InChI is InChI=1S/C11H9NO4/c1-6(13)12-10-4-7-2-3-8(14)5-9(7)11(15)16-10/h2-5,14H,1H3,(H,12,13). The number of phenolic OH excluding ortho intramolecular Hbond substituents is 1. The van der Waals surface area contributed by atoms with Crippen molar-refractivity contribution in [2.24, 2.45) is 0 Å². The van der Waals surface area contributed by atoms with Gasteiger partial charge in [0.1, 0.15) is 5.75 Å². The number of hydrogen-bond acceptors (Lipinski definition) is 4. The molecule has 0 aliphatic heterocycles. The fraction of sp³-hybridized carbons (Fsp3) is 0.0909. The predicted molar refractivity (Wildman–Crippen MR) is 58.5 cm³/mol. The Kier molecular flexibility index (Phi) is 2.36. The summed E-state index contributed by atoms with van der Waals surface area (Å²) in [6, 6.07) is 5.88. The highest BCUT2D eigenvalue weighted by Crippen LogP contribution is 2.19. The number of aromatic hydroxyl groups is 1. The maximum absolute atomic E-state index is 11.5. The monoisotopic (exact) mass is 219 g/mol. The average Bonchev–Trinajstić information content (AvgIpc) is 2.18. The molecule has 5 nitrogen and oxygen atoms in total. The van der Waals surface area contributed by atoms with Crippen molar-refractivity contribution in [3.8, 4) is 5.75 Å². The lowest BCUT2D eigenvalue weighted by Gasteiger charge is -2.02. The summed E-state index contributed by atoms with van der Waals surface area (Å²) in [4.78, 5) is 22.3. The summed E-state index contributed by atoms with van der Waals surface area (Å²) in [6.45, 7) is 1.32. The van der Waals surface area contributed by atoms with Crippen LogP contribution in [-0.2, 0) is 4.79 Å². The number of amides is 1. The summed E-state index contributed by atoms with van der Waals surface area (Å²) in [7, 11) is 0. The normalized spacial score (nSPS) is 10.3. The maximum atomic E-state index is 11.5. The molecule has 1 amide bonds. The molecular formula is C11H9NO4. The fourth-order valence-corrected chi connectivity index (χ4v) is 1.41. The molecular weight excluding hydrogens is 210 g/mol. The van der Waals surface area contributed by atoms with Crippen molar-refractivity contribution < 1.29 is 14.3 Å². The number of anilines is 1. The Morgan fingerprint density at radius 3 is 2.81 bits per heavy atom. The van der Waals surface area contributed by atoms with Gasteiger partial charge in [-0.1, -0.05) is 6.07 Å². The first-order valence-corrected chi connectivity index (χ1v) is 4.61. The van der Waals surface area contributed by atoms with E-state index in [0.717, 1.165) is 0 Å². The van der Waals surface area contributed by atoms with Crippen LogP contribution in [0, 0.1) is 0 Å². The summed E-state index contributed by atoms with van der Waals surface area (Å²) in [5, 5.41) is 12.5. The quantitative estimate of drug-likeness (QED) is 0.760. The lowest BCUT2D eigenvalue weighted by molar-refractivity contribution is -0.114. The second-order valence-electron chi connectivity index (χ2n) is 3.35. The van der Waals surface area contributed by atoms with E-state index in [9.17, 15) is 14.7 Å². The summed E-state index contributed by atoms with van der Waals surface area (Å²) >= 11 is 0. The van der Waals surface area contributed by atoms with Crippen molar-refractivity contribution in [3.63, 3.8) is 0 Å². The van der Waals surface area contributed by atoms with Gasteiger partial charge in [0.05, 0.1) is 5.39 Å². The van der Waals surface area contributed by atoms with Crippen LogP contribution < -0.4 is 10.9 Å². The van der Waals surface area contributed by atoms with E-state index < -0.39 is 5.63 Å². The molecule has 1 aromatic carbocycles. The Morgan fingerprint density at radius 2 is 2.12 bits per heavy atom. The zero-order chi connectivity index (χ0) is 11.7. The topological polar surface area (TPSA) is 79.5 Å². The van der Waals surface area contributed by atoms with E-state index in [1.165, 1.54) is 25.1 Å². The van der Waals surface area contributed by atoms with Crippen LogP contribution in [0.1, 0.15) is 6.92 Å². The second kappa shape index (κ2) is 3.69. The molecule has 1 aromatic heterocycles. The molecule has 82 valence electrons. The van der Waals surface area contributed by atoms with Crippen molar-refractivity contribution in [1.29, 1.82) is 0 Å². The minimum absolute atomic E-state index is 0.00734. The summed E-state index contributed by atoms with van der Waals surface area (Å²) in [6.07, 6.45) is 0. The molecule has 0 spiro atoms. The third-order valence-corrected chi connectivity index (χ3v) is 2.05. The predicted octanol–water partition coefficient (Wildman–Crippen LogP) is 1.46. The van der Waals surface area contributed by atoms with Gasteiger partial charge in [0.15, 0.2) is 0 Å². The van der Waals surface area contributed by atoms with Crippen molar-refractivity contribution in [1.82, 2.24) is 0 Å². The smallest absolute Gasteiger partial charge is 0.345 e. The molecule has 1 heterocycles. The largest absolute Gasteiger partial charge is 0.508 e. The number of hydrogen-bond donors (Lipinski definition) is 2. The molecule has 0 aliphatic carbocycles. The van der Waals surface area contributed by atoms with E-state index in [1.54, 1.807) is 6.07 Å². The van der Waals surface area contributed by atoms with E-state index in [0.29, 0.717) is 5.39 Å². The van der Waals surface area contributed by atoms with Crippen LogP contribution in [0.25, 0.3) is 10.8 Å². The third-order valence-electron chi connectivity index (χ3n) is 2.05. The van der Waals surface area contributed by atoms with Crippen molar-refractivity contribution in [2.75, 3.05) is 5.32 Å². The van der Waals surface area contributed by atoms with Gasteiger partial charge in [0.2, 0.25) is 11.8 Å². The van der Waals surface area contributed by atoms with Crippen LogP contribution in [-0.4, -0.2) is 11.0 Å². The molecule has 2 N–H and O–H groups in total. The summed E-state index contributed by atoms with van der Waals surface area (Å²) < 4.78 is 4.86. The highest BCUT2D eigenvalue weighted by molar-refractivity contribution is 5.90. The maximum Gasteiger partial charge on any atom is 0.345 e. The number of benzene rings is 1. The van der Waals surface area contributed by atoms with E-state index in [4.69, 9.17) is 4.42 Å². The highest BCUT2D eigenvalue weighted by Gasteiger charge is 2.06. The van der Waals surface area contributed by atoms with E-state index in [1.807, 2.05) is 0 Å². The molecule has 2 aromatic rings. The molecule has 0 bridgehead atoms. The zero-order valence-electron chi connectivity index (χ0n) is 8.48. The van der Waals surface area contributed by atoms with Gasteiger partial charge in [0, 0.05) is 13.0 Å². The number of nitrogens with one attached hydrogen (secondary N) is 1. The van der Waals surface area contributed by atoms with Gasteiger partial charge < -0.3 is 9.52 Å². The molecule has 16 heavy (non-hydrogen) atoms. The molecule has 5 heteroatoms. The van der Waals surface area contributed by atoms with Crippen LogP contribution in [0.2, 0.25) is 0 Å². The van der Waals surface area contributed by atoms with Crippen molar-refractivity contribution >= 4 is 22.6 Å². The minimum Gasteiger partial charge on any atom is -0.508 e. The van der Waals surface area contributed by atoms with Crippen LogP contribution in [0.3, 0.4) is 0 Å². The fourth-order valence-electron chi connectivity index (χ4n) is 1.41. The first-order chi connectivity index (χ1) is 7.56. The van der Waals surface area contributed by atoms with Crippen LogP contribution in [0.5, 0.6) is 5.75 Å². The molecule has 0 unspecified atom stereocenters. The second-order valence-corrected chi connectivity index (χ2v) is 3.35. The number of carbonyl (C=O) groups excluding carboxylic acids is 1. The van der Waals surface area contributed by atoms with Crippen LogP contribution in [0.15, 0.2) is 33.5 Å². The van der Waals surface area contributed by atoms with Crippen LogP contribution in [0.4, 0.5) is 5.88 Å². The zero-order valence-corrected chi connectivity index (χ0v) is 8.48. The first kappa shape index (κ1) is 10.2. The summed E-state index contributed by atoms with van der Waals surface area (Å²) in [5.41, 5.74) is -0.600. The lowest BCUT2D eigenvalue weighted by atomic mass is 10.2.